The Hall–Kier alpha value is -1.55. The molecule has 0 unspecified atom stereocenters. The summed E-state index contributed by atoms with van der Waals surface area (Å²) in [7, 11) is 0. The first-order valence-electron chi connectivity index (χ1n) is 3.89. The van der Waals surface area contributed by atoms with E-state index in [9.17, 15) is 4.79 Å². The lowest BCUT2D eigenvalue weighted by atomic mass is 10.1. The third-order valence-corrected chi connectivity index (χ3v) is 1.65. The van der Waals surface area contributed by atoms with Crippen LogP contribution in [0, 0.1) is 13.8 Å². The average Bonchev–Trinajstić information content (AvgIpc) is 2.09. The highest BCUT2D eigenvalue weighted by Crippen LogP contribution is 2.18. The number of aryl methyl sites for hydroxylation is 2. The zero-order chi connectivity index (χ0) is 9.84. The van der Waals surface area contributed by atoms with Crippen molar-refractivity contribution in [2.24, 2.45) is 5.84 Å². The Morgan fingerprint density at radius 1 is 1.46 bits per heavy atom. The molecule has 0 aliphatic rings. The molecule has 1 amide bonds. The van der Waals surface area contributed by atoms with Crippen molar-refractivity contribution in [2.45, 2.75) is 13.8 Å². The van der Waals surface area contributed by atoms with Crippen LogP contribution in [-0.2, 0) is 0 Å². The van der Waals surface area contributed by atoms with Gasteiger partial charge in [-0.25, -0.2) is 10.6 Å². The van der Waals surface area contributed by atoms with Gasteiger partial charge in [-0.15, -0.1) is 0 Å². The summed E-state index contributed by atoms with van der Waals surface area (Å²) in [5.74, 6) is 5.40. The first-order valence-corrected chi connectivity index (χ1v) is 3.89. The minimum absolute atomic E-state index is 0.522. The molecule has 1 aromatic carbocycles. The standard InChI is InChI=1S/C9H12N2O2/c1-6-3-4-8(7(2)5-6)13-9(12)11-10/h3-5H,10H2,1-2H3,(H,11,12). The lowest BCUT2D eigenvalue weighted by molar-refractivity contribution is 0.200. The molecule has 1 rings (SSSR count). The molecular weight excluding hydrogens is 168 g/mol. The minimum atomic E-state index is -0.660. The number of nitrogens with two attached hydrogens (primary N) is 1. The molecule has 0 saturated heterocycles. The second-order valence-electron chi connectivity index (χ2n) is 2.80. The number of carbonyl (C=O) groups is 1. The number of hydrogen-bond donors (Lipinski definition) is 2. The quantitative estimate of drug-likeness (QED) is 0.388. The molecule has 0 radical (unpaired) electrons. The van der Waals surface area contributed by atoms with Crippen LogP contribution in [0.1, 0.15) is 11.1 Å². The number of carbonyl (C=O) groups excluding carboxylic acids is 1. The topological polar surface area (TPSA) is 64.3 Å². The van der Waals surface area contributed by atoms with Crippen LogP contribution in [-0.4, -0.2) is 6.09 Å². The van der Waals surface area contributed by atoms with Gasteiger partial charge < -0.3 is 4.74 Å². The second-order valence-corrected chi connectivity index (χ2v) is 2.80. The summed E-state index contributed by atoms with van der Waals surface area (Å²) in [5.41, 5.74) is 3.92. The van der Waals surface area contributed by atoms with Crippen molar-refractivity contribution in [2.75, 3.05) is 0 Å². The van der Waals surface area contributed by atoms with Gasteiger partial charge in [-0.2, -0.15) is 0 Å². The molecule has 4 heteroatoms. The van der Waals surface area contributed by atoms with Crippen molar-refractivity contribution in [3.05, 3.63) is 29.3 Å². The van der Waals surface area contributed by atoms with Crippen molar-refractivity contribution in [1.82, 2.24) is 5.43 Å². The van der Waals surface area contributed by atoms with E-state index in [1.165, 1.54) is 0 Å². The third-order valence-electron chi connectivity index (χ3n) is 1.65. The van der Waals surface area contributed by atoms with Gasteiger partial charge in [-0.1, -0.05) is 17.7 Å². The van der Waals surface area contributed by atoms with Gasteiger partial charge in [-0.3, -0.25) is 5.43 Å². The maximum Gasteiger partial charge on any atom is 0.426 e. The number of nitrogens with one attached hydrogen (secondary N) is 1. The summed E-state index contributed by atoms with van der Waals surface area (Å²) in [5, 5.41) is 0. The molecule has 70 valence electrons. The smallest absolute Gasteiger partial charge is 0.409 e. The van der Waals surface area contributed by atoms with E-state index in [-0.39, 0.29) is 0 Å². The summed E-state index contributed by atoms with van der Waals surface area (Å²) in [6, 6.07) is 5.53. The lowest BCUT2D eigenvalue weighted by Crippen LogP contribution is -2.32. The molecular formula is C9H12N2O2. The number of hydrogen-bond acceptors (Lipinski definition) is 3. The molecule has 1 aromatic rings. The van der Waals surface area contributed by atoms with Gasteiger partial charge in [0.05, 0.1) is 0 Å². The zero-order valence-corrected chi connectivity index (χ0v) is 7.63. The first-order chi connectivity index (χ1) is 6.13. The Balaban J connectivity index is 2.83. The van der Waals surface area contributed by atoms with E-state index in [1.807, 2.05) is 31.4 Å². The van der Waals surface area contributed by atoms with Crippen LogP contribution in [0.25, 0.3) is 0 Å². The van der Waals surface area contributed by atoms with Gasteiger partial charge in [-0.05, 0) is 25.5 Å². The predicted octanol–water partition coefficient (Wildman–Crippen LogP) is 1.27. The third kappa shape index (κ3) is 2.45. The van der Waals surface area contributed by atoms with Crippen LogP contribution in [0.2, 0.25) is 0 Å². The summed E-state index contributed by atoms with van der Waals surface area (Å²) < 4.78 is 4.87. The fourth-order valence-corrected chi connectivity index (χ4v) is 1.04. The van der Waals surface area contributed by atoms with E-state index in [0.29, 0.717) is 5.75 Å². The molecule has 0 heterocycles. The summed E-state index contributed by atoms with van der Waals surface area (Å²) in [6.07, 6.45) is -0.660. The molecule has 0 saturated carbocycles. The summed E-state index contributed by atoms with van der Waals surface area (Å²) >= 11 is 0. The maximum absolute atomic E-state index is 10.8. The van der Waals surface area contributed by atoms with Crippen molar-refractivity contribution in [3.63, 3.8) is 0 Å². The Labute approximate surface area is 76.7 Å². The van der Waals surface area contributed by atoms with Gasteiger partial charge in [0.15, 0.2) is 0 Å². The maximum atomic E-state index is 10.8. The fourth-order valence-electron chi connectivity index (χ4n) is 1.04. The molecule has 0 atom stereocenters. The normalized spacial score (nSPS) is 9.46. The molecule has 0 aromatic heterocycles. The van der Waals surface area contributed by atoms with Gasteiger partial charge in [0.2, 0.25) is 0 Å². The van der Waals surface area contributed by atoms with Crippen LogP contribution < -0.4 is 16.0 Å². The number of benzene rings is 1. The van der Waals surface area contributed by atoms with E-state index in [0.717, 1.165) is 11.1 Å². The molecule has 0 aliphatic heterocycles. The average molecular weight is 180 g/mol. The van der Waals surface area contributed by atoms with E-state index in [2.05, 4.69) is 0 Å². The van der Waals surface area contributed by atoms with Gasteiger partial charge in [0.1, 0.15) is 5.75 Å². The Bertz CT molecular complexity index is 323. The predicted molar refractivity (Wildman–Crippen MR) is 49.3 cm³/mol. The molecule has 0 bridgehead atoms. The molecule has 0 aliphatic carbocycles. The number of amides is 1. The van der Waals surface area contributed by atoms with Crippen LogP contribution in [0.4, 0.5) is 4.79 Å². The minimum Gasteiger partial charge on any atom is -0.409 e. The number of rotatable bonds is 1. The van der Waals surface area contributed by atoms with Crippen LogP contribution >= 0.6 is 0 Å². The van der Waals surface area contributed by atoms with Crippen LogP contribution in [0.15, 0.2) is 18.2 Å². The van der Waals surface area contributed by atoms with Crippen LogP contribution in [0.5, 0.6) is 5.75 Å². The van der Waals surface area contributed by atoms with Gasteiger partial charge in [0, 0.05) is 0 Å². The monoisotopic (exact) mass is 180 g/mol. The highest BCUT2D eigenvalue weighted by Gasteiger charge is 2.04. The van der Waals surface area contributed by atoms with E-state index in [1.54, 1.807) is 6.07 Å². The molecule has 0 spiro atoms. The van der Waals surface area contributed by atoms with Crippen molar-refractivity contribution < 1.29 is 9.53 Å². The lowest BCUT2D eigenvalue weighted by Gasteiger charge is -2.06. The Kier molecular flexibility index (Phi) is 2.87. The highest BCUT2D eigenvalue weighted by atomic mass is 16.6. The first kappa shape index (κ1) is 9.54. The number of ether oxygens (including phenoxy) is 1. The van der Waals surface area contributed by atoms with E-state index >= 15 is 0 Å². The SMILES string of the molecule is Cc1ccc(OC(=O)NN)c(C)c1. The number of hydrazine groups is 1. The van der Waals surface area contributed by atoms with Crippen molar-refractivity contribution in [1.29, 1.82) is 0 Å². The van der Waals surface area contributed by atoms with Gasteiger partial charge >= 0.3 is 6.09 Å². The van der Waals surface area contributed by atoms with E-state index in [4.69, 9.17) is 10.6 Å². The van der Waals surface area contributed by atoms with Crippen LogP contribution in [0.3, 0.4) is 0 Å². The molecule has 0 fully saturated rings. The van der Waals surface area contributed by atoms with Crippen molar-refractivity contribution in [3.8, 4) is 5.75 Å². The molecule has 3 N–H and O–H groups in total. The Morgan fingerprint density at radius 3 is 2.69 bits per heavy atom. The summed E-state index contributed by atoms with van der Waals surface area (Å²) in [4.78, 5) is 10.8. The largest absolute Gasteiger partial charge is 0.426 e. The van der Waals surface area contributed by atoms with Crippen molar-refractivity contribution >= 4 is 6.09 Å². The molecule has 13 heavy (non-hydrogen) atoms. The Morgan fingerprint density at radius 2 is 2.15 bits per heavy atom. The fraction of sp³-hybridized carbons (Fsp3) is 0.222. The second kappa shape index (κ2) is 3.91. The van der Waals surface area contributed by atoms with Gasteiger partial charge in [0.25, 0.3) is 0 Å². The molecule has 4 nitrogen and oxygen atoms in total. The van der Waals surface area contributed by atoms with E-state index < -0.39 is 6.09 Å². The highest BCUT2D eigenvalue weighted by molar-refractivity contribution is 5.70. The zero-order valence-electron chi connectivity index (χ0n) is 7.63. The summed E-state index contributed by atoms with van der Waals surface area (Å²) in [6.45, 7) is 3.84.